The van der Waals surface area contributed by atoms with Crippen LogP contribution in [-0.2, 0) is 0 Å². The molecule has 5 saturated carbocycles. The van der Waals surface area contributed by atoms with Crippen LogP contribution in [0.4, 0.5) is 0 Å². The molecule has 5 aliphatic carbocycles. The molecule has 5 fully saturated rings. The number of rotatable bonds is 2. The van der Waals surface area contributed by atoms with Gasteiger partial charge in [0.15, 0.2) is 0 Å². The highest BCUT2D eigenvalue weighted by molar-refractivity contribution is 5.13. The van der Waals surface area contributed by atoms with Gasteiger partial charge in [-0.2, -0.15) is 0 Å². The Balaban J connectivity index is 1.55. The van der Waals surface area contributed by atoms with Gasteiger partial charge in [0.05, 0.1) is 0 Å². The van der Waals surface area contributed by atoms with E-state index >= 15 is 0 Å². The van der Waals surface area contributed by atoms with Gasteiger partial charge in [-0.25, -0.2) is 0 Å². The van der Waals surface area contributed by atoms with Gasteiger partial charge in [0.2, 0.25) is 0 Å². The topological polar surface area (TPSA) is 0 Å². The first-order chi connectivity index (χ1) is 13.2. The molecule has 0 heterocycles. The maximum atomic E-state index is 2.53. The van der Waals surface area contributed by atoms with E-state index in [-0.39, 0.29) is 0 Å². The van der Waals surface area contributed by atoms with E-state index in [1.54, 1.807) is 103 Å². The van der Waals surface area contributed by atoms with Crippen molar-refractivity contribution in [1.29, 1.82) is 0 Å². The predicted octanol–water partition coefficient (Wildman–Crippen LogP) is 8.25. The highest BCUT2D eigenvalue weighted by Crippen LogP contribution is 2.71. The summed E-state index contributed by atoms with van der Waals surface area (Å²) in [5.41, 5.74) is 0.788. The van der Waals surface area contributed by atoms with Crippen LogP contribution in [0.3, 0.4) is 0 Å². The van der Waals surface area contributed by atoms with Gasteiger partial charge < -0.3 is 0 Å². The van der Waals surface area contributed by atoms with Crippen LogP contribution in [0.25, 0.3) is 0 Å². The second-order valence-electron chi connectivity index (χ2n) is 12.0. The van der Waals surface area contributed by atoms with Crippen LogP contribution in [0, 0.1) is 52.8 Å². The summed E-state index contributed by atoms with van der Waals surface area (Å²) in [4.78, 5) is 0. The molecule has 0 amide bonds. The summed E-state index contributed by atoms with van der Waals surface area (Å²) < 4.78 is 0. The van der Waals surface area contributed by atoms with Crippen molar-refractivity contribution in [1.82, 2.24) is 0 Å². The molecule has 5 aliphatic rings. The van der Waals surface area contributed by atoms with E-state index in [0.29, 0.717) is 0 Å². The minimum atomic E-state index is 0.788. The number of hydrogen-bond donors (Lipinski definition) is 0. The van der Waals surface area contributed by atoms with E-state index in [1.807, 2.05) is 0 Å². The third kappa shape index (κ3) is 3.06. The molecule has 0 heteroatoms. The molecule has 4 unspecified atom stereocenters. The third-order valence-electron chi connectivity index (χ3n) is 10.9. The van der Waals surface area contributed by atoms with Crippen LogP contribution in [0.2, 0.25) is 0 Å². The van der Waals surface area contributed by atoms with Crippen LogP contribution in [0.15, 0.2) is 0 Å². The van der Waals surface area contributed by atoms with Gasteiger partial charge in [-0.1, -0.05) is 65.2 Å². The Bertz CT molecular complexity index is 444. The van der Waals surface area contributed by atoms with Crippen molar-refractivity contribution < 1.29 is 0 Å². The lowest BCUT2D eigenvalue weighted by Gasteiger charge is -2.57. The normalized spacial score (nSPS) is 53.6. The van der Waals surface area contributed by atoms with E-state index < -0.39 is 0 Å². The maximum Gasteiger partial charge on any atom is -0.0179 e. The first-order valence-electron chi connectivity index (χ1n) is 13.2. The summed E-state index contributed by atoms with van der Waals surface area (Å²) in [5.74, 6) is 8.78. The second kappa shape index (κ2) is 7.68. The monoisotopic (exact) mass is 370 g/mol. The first kappa shape index (κ1) is 19.0. The van der Waals surface area contributed by atoms with Gasteiger partial charge in [-0.3, -0.25) is 0 Å². The predicted molar refractivity (Wildman–Crippen MR) is 116 cm³/mol. The minimum absolute atomic E-state index is 0.788. The van der Waals surface area contributed by atoms with E-state index in [4.69, 9.17) is 0 Å². The lowest BCUT2D eigenvalue weighted by Crippen LogP contribution is -2.50. The summed E-state index contributed by atoms with van der Waals surface area (Å²) in [5, 5.41) is 0. The Hall–Kier alpha value is 0. The molecule has 27 heavy (non-hydrogen) atoms. The SMILES string of the molecule is CC1CCC(C2(C3CCC(C)CC3)C3CCCCC3C3CCCCC32)CC1. The molecule has 0 nitrogen and oxygen atoms in total. The van der Waals surface area contributed by atoms with Crippen LogP contribution >= 0.6 is 0 Å². The molecule has 4 atom stereocenters. The zero-order valence-electron chi connectivity index (χ0n) is 18.4. The Morgan fingerprint density at radius 3 is 1.22 bits per heavy atom. The molecular weight excluding hydrogens is 324 g/mol. The van der Waals surface area contributed by atoms with Crippen LogP contribution in [-0.4, -0.2) is 0 Å². The highest BCUT2D eigenvalue weighted by atomic mass is 14.7. The zero-order valence-corrected chi connectivity index (χ0v) is 18.4. The molecule has 0 aromatic rings. The Morgan fingerprint density at radius 2 is 0.815 bits per heavy atom. The molecule has 5 rings (SSSR count). The standard InChI is InChI=1S/C27H46/c1-19-11-15-21(16-12-19)27(22-17-13-20(2)14-18-22)25-9-5-3-7-23(25)24-8-4-6-10-26(24)27/h19-26H,3-18H2,1-2H3. The van der Waals surface area contributed by atoms with Crippen molar-refractivity contribution in [3.8, 4) is 0 Å². The molecular formula is C27H46. The lowest BCUT2D eigenvalue weighted by molar-refractivity contribution is -0.0806. The number of hydrogen-bond acceptors (Lipinski definition) is 0. The van der Waals surface area contributed by atoms with E-state index in [1.165, 1.54) is 0 Å². The van der Waals surface area contributed by atoms with Crippen LogP contribution in [0.1, 0.15) is 117 Å². The largest absolute Gasteiger partial charge is 0.0625 e. The van der Waals surface area contributed by atoms with E-state index in [9.17, 15) is 0 Å². The van der Waals surface area contributed by atoms with Gasteiger partial charge in [-0.05, 0) is 104 Å². The number of fused-ring (bicyclic) bond motifs is 3. The fourth-order valence-corrected chi connectivity index (χ4v) is 9.93. The van der Waals surface area contributed by atoms with Gasteiger partial charge in [-0.15, -0.1) is 0 Å². The van der Waals surface area contributed by atoms with Gasteiger partial charge >= 0.3 is 0 Å². The first-order valence-corrected chi connectivity index (χ1v) is 13.2. The average molecular weight is 371 g/mol. The second-order valence-corrected chi connectivity index (χ2v) is 12.0. The van der Waals surface area contributed by atoms with Gasteiger partial charge in [0.1, 0.15) is 0 Å². The molecule has 0 spiro atoms. The Kier molecular flexibility index (Phi) is 5.40. The summed E-state index contributed by atoms with van der Waals surface area (Å²) in [7, 11) is 0. The minimum Gasteiger partial charge on any atom is -0.0625 e. The van der Waals surface area contributed by atoms with Crippen molar-refractivity contribution in [2.45, 2.75) is 117 Å². The van der Waals surface area contributed by atoms with Crippen LogP contribution < -0.4 is 0 Å². The Labute approximate surface area is 169 Å². The van der Waals surface area contributed by atoms with Crippen molar-refractivity contribution in [2.75, 3.05) is 0 Å². The fourth-order valence-electron chi connectivity index (χ4n) is 9.93. The molecule has 0 aromatic carbocycles. The maximum absolute atomic E-state index is 2.53. The van der Waals surface area contributed by atoms with Crippen molar-refractivity contribution in [2.24, 2.45) is 52.8 Å². The average Bonchev–Trinajstić information content (AvgIpc) is 3.01. The molecule has 0 saturated heterocycles. The van der Waals surface area contributed by atoms with Gasteiger partial charge in [0.25, 0.3) is 0 Å². The van der Waals surface area contributed by atoms with Crippen molar-refractivity contribution in [3.05, 3.63) is 0 Å². The van der Waals surface area contributed by atoms with E-state index in [2.05, 4.69) is 13.8 Å². The van der Waals surface area contributed by atoms with Crippen LogP contribution in [0.5, 0.6) is 0 Å². The van der Waals surface area contributed by atoms with Gasteiger partial charge in [0, 0.05) is 0 Å². The third-order valence-corrected chi connectivity index (χ3v) is 10.9. The molecule has 0 aromatic heterocycles. The summed E-state index contributed by atoms with van der Waals surface area (Å²) >= 11 is 0. The molecule has 0 bridgehead atoms. The molecule has 154 valence electrons. The quantitative estimate of drug-likeness (QED) is 0.459. The summed E-state index contributed by atoms with van der Waals surface area (Å²) in [6, 6.07) is 0. The zero-order chi connectivity index (χ0) is 18.4. The summed E-state index contributed by atoms with van der Waals surface area (Å²) in [6.45, 7) is 5.07. The van der Waals surface area contributed by atoms with Crippen molar-refractivity contribution >= 4 is 0 Å². The molecule has 0 radical (unpaired) electrons. The van der Waals surface area contributed by atoms with E-state index in [0.717, 1.165) is 52.8 Å². The Morgan fingerprint density at radius 1 is 0.444 bits per heavy atom. The molecule has 0 N–H and O–H groups in total. The summed E-state index contributed by atoms with van der Waals surface area (Å²) in [6.07, 6.45) is 25.3. The smallest absolute Gasteiger partial charge is 0.0179 e. The highest BCUT2D eigenvalue weighted by Gasteiger charge is 2.65. The fraction of sp³-hybridized carbons (Fsp3) is 1.00. The molecule has 0 aliphatic heterocycles. The lowest BCUT2D eigenvalue weighted by atomic mass is 9.48. The van der Waals surface area contributed by atoms with Crippen molar-refractivity contribution in [3.63, 3.8) is 0 Å².